The predicted molar refractivity (Wildman–Crippen MR) is 103 cm³/mol. The second-order valence-electron chi connectivity index (χ2n) is 5.86. The largest absolute Gasteiger partial charge is 0.358 e. The van der Waals surface area contributed by atoms with Gasteiger partial charge in [0, 0.05) is 25.7 Å². The standard InChI is InChI=1S/C17H20ClN5S/c1-12-4-6-13(7-5-12)11-19-17(24)22-16-20-14(18)10-15(21-16)23-8-2-3-9-23/h4-7,10H,2-3,8-9,11H2,1H3,(H2,19,20,21,22,24). The van der Waals surface area contributed by atoms with Crippen LogP contribution in [0.5, 0.6) is 0 Å². The molecule has 1 aliphatic rings. The second kappa shape index (κ2) is 7.77. The lowest BCUT2D eigenvalue weighted by Crippen LogP contribution is -2.29. The summed E-state index contributed by atoms with van der Waals surface area (Å²) in [4.78, 5) is 10.9. The average molecular weight is 362 g/mol. The van der Waals surface area contributed by atoms with E-state index in [0.717, 1.165) is 24.5 Å². The molecule has 126 valence electrons. The summed E-state index contributed by atoms with van der Waals surface area (Å²) in [5.41, 5.74) is 2.40. The molecule has 1 fully saturated rings. The minimum Gasteiger partial charge on any atom is -0.358 e. The summed E-state index contributed by atoms with van der Waals surface area (Å²) in [5.74, 6) is 1.27. The van der Waals surface area contributed by atoms with E-state index in [4.69, 9.17) is 23.8 Å². The number of hydrogen-bond acceptors (Lipinski definition) is 4. The van der Waals surface area contributed by atoms with E-state index < -0.39 is 0 Å². The molecule has 1 aromatic carbocycles. The van der Waals surface area contributed by atoms with Gasteiger partial charge in [0.15, 0.2) is 5.11 Å². The predicted octanol–water partition coefficient (Wildman–Crippen LogP) is 3.53. The summed E-state index contributed by atoms with van der Waals surface area (Å²) in [6.07, 6.45) is 2.36. The van der Waals surface area contributed by atoms with Crippen LogP contribution in [-0.2, 0) is 6.54 Å². The van der Waals surface area contributed by atoms with Gasteiger partial charge in [0.1, 0.15) is 11.0 Å². The fraction of sp³-hybridized carbons (Fsp3) is 0.353. The molecule has 0 spiro atoms. The monoisotopic (exact) mass is 361 g/mol. The summed E-state index contributed by atoms with van der Waals surface area (Å²) < 4.78 is 0. The molecule has 24 heavy (non-hydrogen) atoms. The van der Waals surface area contributed by atoms with Gasteiger partial charge in [0.05, 0.1) is 0 Å². The van der Waals surface area contributed by atoms with E-state index in [9.17, 15) is 0 Å². The van der Waals surface area contributed by atoms with Crippen LogP contribution in [0.4, 0.5) is 11.8 Å². The molecule has 5 nitrogen and oxygen atoms in total. The Morgan fingerprint density at radius 1 is 1.21 bits per heavy atom. The highest BCUT2D eigenvalue weighted by Gasteiger charge is 2.15. The average Bonchev–Trinajstić information content (AvgIpc) is 3.08. The molecule has 0 unspecified atom stereocenters. The highest BCUT2D eigenvalue weighted by Crippen LogP contribution is 2.22. The van der Waals surface area contributed by atoms with Gasteiger partial charge in [-0.3, -0.25) is 0 Å². The van der Waals surface area contributed by atoms with Crippen LogP contribution in [0.2, 0.25) is 5.15 Å². The van der Waals surface area contributed by atoms with E-state index >= 15 is 0 Å². The Morgan fingerprint density at radius 3 is 2.62 bits per heavy atom. The van der Waals surface area contributed by atoms with Gasteiger partial charge in [-0.15, -0.1) is 0 Å². The van der Waals surface area contributed by atoms with Crippen molar-refractivity contribution in [1.29, 1.82) is 0 Å². The highest BCUT2D eigenvalue weighted by atomic mass is 35.5. The highest BCUT2D eigenvalue weighted by molar-refractivity contribution is 7.80. The number of anilines is 2. The molecule has 0 amide bonds. The number of aryl methyl sites for hydroxylation is 1. The van der Waals surface area contributed by atoms with Gasteiger partial charge in [-0.25, -0.2) is 4.98 Å². The van der Waals surface area contributed by atoms with Crippen LogP contribution in [0.3, 0.4) is 0 Å². The number of nitrogens with one attached hydrogen (secondary N) is 2. The lowest BCUT2D eigenvalue weighted by Gasteiger charge is -2.17. The van der Waals surface area contributed by atoms with Gasteiger partial charge in [0.25, 0.3) is 0 Å². The Morgan fingerprint density at radius 2 is 1.92 bits per heavy atom. The Balaban J connectivity index is 1.60. The van der Waals surface area contributed by atoms with Crippen LogP contribution in [0.1, 0.15) is 24.0 Å². The summed E-state index contributed by atoms with van der Waals surface area (Å²) >= 11 is 11.4. The minimum absolute atomic E-state index is 0.413. The maximum atomic E-state index is 6.12. The van der Waals surface area contributed by atoms with Crippen molar-refractivity contribution >= 4 is 40.7 Å². The molecule has 7 heteroatoms. The number of halogens is 1. The normalized spacial score (nSPS) is 13.8. The first-order valence-corrected chi connectivity index (χ1v) is 8.79. The van der Waals surface area contributed by atoms with Crippen molar-refractivity contribution in [2.75, 3.05) is 23.3 Å². The third-order valence-corrected chi connectivity index (χ3v) is 4.35. The molecule has 2 aromatic rings. The molecule has 0 saturated carbocycles. The van der Waals surface area contributed by atoms with E-state index in [2.05, 4.69) is 56.7 Å². The number of hydrogen-bond donors (Lipinski definition) is 2. The zero-order valence-electron chi connectivity index (χ0n) is 13.6. The van der Waals surface area contributed by atoms with Gasteiger partial charge in [-0.2, -0.15) is 4.98 Å². The lowest BCUT2D eigenvalue weighted by atomic mass is 10.1. The van der Waals surface area contributed by atoms with Crippen molar-refractivity contribution < 1.29 is 0 Å². The molecule has 2 heterocycles. The molecule has 0 radical (unpaired) electrons. The second-order valence-corrected chi connectivity index (χ2v) is 6.66. The molecule has 1 saturated heterocycles. The van der Waals surface area contributed by atoms with Crippen molar-refractivity contribution in [1.82, 2.24) is 15.3 Å². The zero-order chi connectivity index (χ0) is 16.9. The number of benzene rings is 1. The van der Waals surface area contributed by atoms with Gasteiger partial charge < -0.3 is 15.5 Å². The zero-order valence-corrected chi connectivity index (χ0v) is 15.1. The third kappa shape index (κ3) is 4.55. The topological polar surface area (TPSA) is 53.1 Å². The van der Waals surface area contributed by atoms with Crippen molar-refractivity contribution in [3.63, 3.8) is 0 Å². The van der Waals surface area contributed by atoms with Crippen LogP contribution in [0, 0.1) is 6.92 Å². The number of nitrogens with zero attached hydrogens (tertiary/aromatic N) is 3. The van der Waals surface area contributed by atoms with E-state index in [1.807, 2.05) is 0 Å². The number of aromatic nitrogens is 2. The SMILES string of the molecule is Cc1ccc(CNC(=S)Nc2nc(Cl)cc(N3CCCC3)n2)cc1. The summed E-state index contributed by atoms with van der Waals surface area (Å²) in [6.45, 7) is 4.72. The van der Waals surface area contributed by atoms with E-state index in [1.54, 1.807) is 6.07 Å². The van der Waals surface area contributed by atoms with Crippen molar-refractivity contribution in [2.24, 2.45) is 0 Å². The van der Waals surface area contributed by atoms with Gasteiger partial charge >= 0.3 is 0 Å². The van der Waals surface area contributed by atoms with Crippen molar-refractivity contribution in [3.8, 4) is 0 Å². The van der Waals surface area contributed by atoms with Gasteiger partial charge in [-0.05, 0) is 37.5 Å². The third-order valence-electron chi connectivity index (χ3n) is 3.91. The molecule has 0 aliphatic carbocycles. The molecule has 1 aromatic heterocycles. The molecule has 1 aliphatic heterocycles. The number of rotatable bonds is 4. The van der Waals surface area contributed by atoms with Gasteiger partial charge in [0.2, 0.25) is 5.95 Å². The molecule has 3 rings (SSSR count). The Hall–Kier alpha value is -1.92. The molecular formula is C17H20ClN5S. The minimum atomic E-state index is 0.413. The first-order valence-electron chi connectivity index (χ1n) is 8.00. The fourth-order valence-corrected chi connectivity index (χ4v) is 2.94. The maximum Gasteiger partial charge on any atom is 0.232 e. The lowest BCUT2D eigenvalue weighted by molar-refractivity contribution is 0.915. The molecular weight excluding hydrogens is 342 g/mol. The summed E-state index contributed by atoms with van der Waals surface area (Å²) in [7, 11) is 0. The summed E-state index contributed by atoms with van der Waals surface area (Å²) in [6, 6.07) is 10.1. The Labute approximate surface area is 152 Å². The smallest absolute Gasteiger partial charge is 0.232 e. The number of thiocarbonyl (C=S) groups is 1. The maximum absolute atomic E-state index is 6.12. The fourth-order valence-electron chi connectivity index (χ4n) is 2.60. The van der Waals surface area contributed by atoms with E-state index in [-0.39, 0.29) is 0 Å². The molecule has 0 atom stereocenters. The van der Waals surface area contributed by atoms with Crippen LogP contribution in [-0.4, -0.2) is 28.2 Å². The summed E-state index contributed by atoms with van der Waals surface area (Å²) in [5, 5.41) is 7.06. The molecule has 2 N–H and O–H groups in total. The van der Waals surface area contributed by atoms with Crippen LogP contribution in [0.25, 0.3) is 0 Å². The molecule has 0 bridgehead atoms. The van der Waals surface area contributed by atoms with Crippen LogP contribution >= 0.6 is 23.8 Å². The van der Waals surface area contributed by atoms with Crippen LogP contribution in [0.15, 0.2) is 30.3 Å². The van der Waals surface area contributed by atoms with Crippen molar-refractivity contribution in [2.45, 2.75) is 26.3 Å². The Bertz CT molecular complexity index is 713. The van der Waals surface area contributed by atoms with E-state index in [1.165, 1.54) is 18.4 Å². The first-order chi connectivity index (χ1) is 11.6. The van der Waals surface area contributed by atoms with E-state index in [0.29, 0.717) is 22.8 Å². The van der Waals surface area contributed by atoms with Gasteiger partial charge in [-0.1, -0.05) is 41.4 Å². The first kappa shape index (κ1) is 16.9. The Kier molecular flexibility index (Phi) is 5.48. The van der Waals surface area contributed by atoms with Crippen LogP contribution < -0.4 is 15.5 Å². The van der Waals surface area contributed by atoms with Crippen molar-refractivity contribution in [3.05, 3.63) is 46.6 Å². The quantitative estimate of drug-likeness (QED) is 0.642.